The Labute approximate surface area is 61.8 Å². The molecule has 0 saturated heterocycles. The van der Waals surface area contributed by atoms with E-state index in [4.69, 9.17) is 5.26 Å². The van der Waals surface area contributed by atoms with E-state index < -0.39 is 0 Å². The van der Waals surface area contributed by atoms with Crippen molar-refractivity contribution < 1.29 is 0 Å². The normalized spacial score (nSPS) is 11.3. The van der Waals surface area contributed by atoms with Crippen LogP contribution in [0.3, 0.4) is 0 Å². The largest absolute Gasteiger partial charge is 0.373 e. The van der Waals surface area contributed by atoms with Gasteiger partial charge in [-0.05, 0) is 12.8 Å². The first-order valence-electron chi connectivity index (χ1n) is 3.34. The van der Waals surface area contributed by atoms with E-state index in [9.17, 15) is 0 Å². The second kappa shape index (κ2) is 4.80. The van der Waals surface area contributed by atoms with Crippen molar-refractivity contribution in [3.8, 4) is 6.19 Å². The first-order chi connectivity index (χ1) is 4.66. The molecule has 0 saturated carbocycles. The molecule has 0 fully saturated rings. The van der Waals surface area contributed by atoms with Crippen LogP contribution < -0.4 is 5.32 Å². The highest BCUT2D eigenvalue weighted by Crippen LogP contribution is 1.86. The Morgan fingerprint density at radius 3 is 2.70 bits per heavy atom. The van der Waals surface area contributed by atoms with Crippen molar-refractivity contribution in [1.82, 2.24) is 5.32 Å². The monoisotopic (exact) mass is 139 g/mol. The molecule has 0 atom stereocenters. The minimum absolute atomic E-state index is 0.587. The number of hydrogen-bond donors (Lipinski definition) is 1. The van der Waals surface area contributed by atoms with Gasteiger partial charge in [0.2, 0.25) is 6.19 Å². The molecule has 0 amide bonds. The number of amidine groups is 1. The Morgan fingerprint density at radius 2 is 2.30 bits per heavy atom. The second-order valence-corrected chi connectivity index (χ2v) is 2.57. The molecule has 0 radical (unpaired) electrons. The highest BCUT2D eigenvalue weighted by atomic mass is 15.0. The molecule has 1 N–H and O–H groups in total. The first kappa shape index (κ1) is 8.96. The van der Waals surface area contributed by atoms with Crippen molar-refractivity contribution in [3.05, 3.63) is 0 Å². The Kier molecular flexibility index (Phi) is 4.30. The van der Waals surface area contributed by atoms with Crippen LogP contribution in [0.5, 0.6) is 0 Å². The average molecular weight is 139 g/mol. The molecule has 0 aliphatic rings. The predicted molar refractivity (Wildman–Crippen MR) is 41.6 cm³/mol. The number of nitriles is 1. The Bertz CT molecular complexity index is 153. The van der Waals surface area contributed by atoms with Crippen LogP contribution in [0.1, 0.15) is 20.8 Å². The first-order valence-corrected chi connectivity index (χ1v) is 3.34. The molecule has 0 spiro atoms. The van der Waals surface area contributed by atoms with Gasteiger partial charge in [-0.15, -0.1) is 0 Å². The van der Waals surface area contributed by atoms with Gasteiger partial charge in [0.15, 0.2) is 0 Å². The van der Waals surface area contributed by atoms with Crippen LogP contribution in [0.15, 0.2) is 4.99 Å². The molecule has 0 rings (SSSR count). The summed E-state index contributed by atoms with van der Waals surface area (Å²) in [4.78, 5) is 3.51. The SMILES string of the molecule is C/C(=N\C#N)NCC(C)C. The van der Waals surface area contributed by atoms with Crippen LogP contribution in [-0.4, -0.2) is 12.4 Å². The summed E-state index contributed by atoms with van der Waals surface area (Å²) in [7, 11) is 0. The average Bonchev–Trinajstić information content (AvgIpc) is 1.85. The molecule has 56 valence electrons. The zero-order valence-electron chi connectivity index (χ0n) is 6.68. The van der Waals surface area contributed by atoms with Gasteiger partial charge in [-0.25, -0.2) is 0 Å². The van der Waals surface area contributed by atoms with Crippen LogP contribution >= 0.6 is 0 Å². The van der Waals surface area contributed by atoms with Gasteiger partial charge in [-0.2, -0.15) is 10.3 Å². The van der Waals surface area contributed by atoms with Gasteiger partial charge in [0.25, 0.3) is 0 Å². The van der Waals surface area contributed by atoms with Crippen molar-refractivity contribution >= 4 is 5.84 Å². The smallest absolute Gasteiger partial charge is 0.207 e. The molecule has 3 heteroatoms. The van der Waals surface area contributed by atoms with E-state index in [0.29, 0.717) is 11.8 Å². The van der Waals surface area contributed by atoms with Crippen LogP contribution in [0.4, 0.5) is 0 Å². The molecule has 3 nitrogen and oxygen atoms in total. The van der Waals surface area contributed by atoms with Crippen LogP contribution in [0, 0.1) is 17.4 Å². The lowest BCUT2D eigenvalue weighted by atomic mass is 10.2. The lowest BCUT2D eigenvalue weighted by Crippen LogP contribution is -2.24. The standard InChI is InChI=1S/C7H13N3/c1-6(2)4-9-7(3)10-5-8/h6H,4H2,1-3H3,(H,9,10). The van der Waals surface area contributed by atoms with E-state index >= 15 is 0 Å². The molecule has 10 heavy (non-hydrogen) atoms. The number of aliphatic imine (C=N–C) groups is 1. The maximum atomic E-state index is 8.12. The maximum Gasteiger partial charge on any atom is 0.207 e. The van der Waals surface area contributed by atoms with Crippen molar-refractivity contribution in [3.63, 3.8) is 0 Å². The van der Waals surface area contributed by atoms with E-state index in [1.54, 1.807) is 13.1 Å². The minimum atomic E-state index is 0.587. The number of hydrogen-bond acceptors (Lipinski definition) is 2. The molecule has 0 aliphatic heterocycles. The summed E-state index contributed by atoms with van der Waals surface area (Å²) in [6.07, 6.45) is 1.72. The number of nitrogens with one attached hydrogen (secondary N) is 1. The van der Waals surface area contributed by atoms with Gasteiger partial charge in [0.1, 0.15) is 5.84 Å². The lowest BCUT2D eigenvalue weighted by Gasteiger charge is -2.05. The number of nitrogens with zero attached hydrogens (tertiary/aromatic N) is 2. The predicted octanol–water partition coefficient (Wildman–Crippen LogP) is 1.13. The van der Waals surface area contributed by atoms with Crippen LogP contribution in [0.2, 0.25) is 0 Å². The number of rotatable bonds is 2. The highest BCUT2D eigenvalue weighted by molar-refractivity contribution is 5.80. The molecule has 0 aromatic heterocycles. The maximum absolute atomic E-state index is 8.12. The molecule has 0 heterocycles. The third-order valence-electron chi connectivity index (χ3n) is 0.984. The molecule has 0 unspecified atom stereocenters. The minimum Gasteiger partial charge on any atom is -0.373 e. The van der Waals surface area contributed by atoms with Gasteiger partial charge < -0.3 is 5.32 Å². The van der Waals surface area contributed by atoms with E-state index in [-0.39, 0.29) is 0 Å². The van der Waals surface area contributed by atoms with Crippen molar-refractivity contribution in [1.29, 1.82) is 5.26 Å². The fraction of sp³-hybridized carbons (Fsp3) is 0.714. The van der Waals surface area contributed by atoms with E-state index in [1.807, 2.05) is 0 Å². The second-order valence-electron chi connectivity index (χ2n) is 2.57. The quantitative estimate of drug-likeness (QED) is 0.354. The summed E-state index contributed by atoms with van der Waals surface area (Å²) in [6.45, 7) is 6.86. The van der Waals surface area contributed by atoms with Crippen molar-refractivity contribution in [2.45, 2.75) is 20.8 Å². The summed E-state index contributed by atoms with van der Waals surface area (Å²) in [6, 6.07) is 0. The zero-order chi connectivity index (χ0) is 7.98. The Hall–Kier alpha value is -1.04. The summed E-state index contributed by atoms with van der Waals surface area (Å²) in [5, 5.41) is 11.1. The van der Waals surface area contributed by atoms with E-state index in [0.717, 1.165) is 6.54 Å². The third kappa shape index (κ3) is 5.10. The zero-order valence-corrected chi connectivity index (χ0v) is 6.68. The fourth-order valence-corrected chi connectivity index (χ4v) is 0.466. The lowest BCUT2D eigenvalue weighted by molar-refractivity contribution is 0.624. The molecular weight excluding hydrogens is 126 g/mol. The van der Waals surface area contributed by atoms with Gasteiger partial charge >= 0.3 is 0 Å². The summed E-state index contributed by atoms with van der Waals surface area (Å²) in [5.74, 6) is 1.28. The van der Waals surface area contributed by atoms with Gasteiger partial charge in [0.05, 0.1) is 0 Å². The molecule has 0 bridgehead atoms. The van der Waals surface area contributed by atoms with Crippen LogP contribution in [-0.2, 0) is 0 Å². The van der Waals surface area contributed by atoms with Crippen molar-refractivity contribution in [2.75, 3.05) is 6.54 Å². The topological polar surface area (TPSA) is 48.2 Å². The molecule has 0 aromatic carbocycles. The van der Waals surface area contributed by atoms with E-state index in [2.05, 4.69) is 24.2 Å². The van der Waals surface area contributed by atoms with Gasteiger partial charge in [-0.1, -0.05) is 13.8 Å². The summed E-state index contributed by atoms with van der Waals surface area (Å²) < 4.78 is 0. The third-order valence-corrected chi connectivity index (χ3v) is 0.984. The van der Waals surface area contributed by atoms with Gasteiger partial charge in [-0.3, -0.25) is 0 Å². The highest BCUT2D eigenvalue weighted by Gasteiger charge is 1.92. The fourth-order valence-electron chi connectivity index (χ4n) is 0.466. The molecule has 0 aliphatic carbocycles. The Balaban J connectivity index is 3.51. The molecular formula is C7H13N3. The Morgan fingerprint density at radius 1 is 1.70 bits per heavy atom. The van der Waals surface area contributed by atoms with Crippen molar-refractivity contribution in [2.24, 2.45) is 10.9 Å². The van der Waals surface area contributed by atoms with E-state index in [1.165, 1.54) is 0 Å². The summed E-state index contributed by atoms with van der Waals surface area (Å²) in [5.41, 5.74) is 0. The van der Waals surface area contributed by atoms with Gasteiger partial charge in [0, 0.05) is 6.54 Å². The molecule has 0 aromatic rings. The summed E-state index contributed by atoms with van der Waals surface area (Å²) >= 11 is 0. The van der Waals surface area contributed by atoms with Crippen LogP contribution in [0.25, 0.3) is 0 Å².